The van der Waals surface area contributed by atoms with E-state index in [1.165, 1.54) is 23.4 Å². The van der Waals surface area contributed by atoms with Crippen molar-refractivity contribution in [2.45, 2.75) is 59.6 Å². The van der Waals surface area contributed by atoms with Crippen LogP contribution in [0, 0.1) is 11.1 Å². The van der Waals surface area contributed by atoms with Gasteiger partial charge in [0.15, 0.2) is 0 Å². The van der Waals surface area contributed by atoms with Crippen molar-refractivity contribution in [1.82, 2.24) is 13.6 Å². The van der Waals surface area contributed by atoms with E-state index in [-0.39, 0.29) is 32.1 Å². The zero-order chi connectivity index (χ0) is 21.2. The molecule has 0 aromatic heterocycles. The van der Waals surface area contributed by atoms with Crippen LogP contribution in [0.3, 0.4) is 0 Å². The summed E-state index contributed by atoms with van der Waals surface area (Å²) >= 11 is 0. The molecule has 2 unspecified atom stereocenters. The molecule has 1 aliphatic heterocycles. The first-order valence-corrected chi connectivity index (χ1v) is 10.8. The number of rotatable bonds is 6. The Morgan fingerprint density at radius 2 is 1.63 bits per heavy atom. The molecule has 1 saturated heterocycles. The highest BCUT2D eigenvalue weighted by atomic mass is 32.2. The van der Waals surface area contributed by atoms with Gasteiger partial charge in [0, 0.05) is 33.6 Å². The second-order valence-electron chi connectivity index (χ2n) is 8.72. The molecule has 0 spiro atoms. The van der Waals surface area contributed by atoms with E-state index in [9.17, 15) is 18.4 Å². The largest absolute Gasteiger partial charge is 0.601 e. The van der Waals surface area contributed by atoms with Gasteiger partial charge < -0.3 is 9.94 Å². The van der Waals surface area contributed by atoms with E-state index in [2.05, 4.69) is 0 Å². The van der Waals surface area contributed by atoms with E-state index in [0.717, 1.165) is 4.31 Å². The molecule has 27 heavy (non-hydrogen) atoms. The summed E-state index contributed by atoms with van der Waals surface area (Å²) in [7, 11) is -0.596. The molecule has 0 aromatic carbocycles. The molecule has 1 fully saturated rings. The summed E-state index contributed by atoms with van der Waals surface area (Å²) in [5.41, 5.74) is -0.779. The lowest BCUT2D eigenvalue weighted by Crippen LogP contribution is -2.69. The van der Waals surface area contributed by atoms with Crippen molar-refractivity contribution in [2.75, 3.05) is 40.3 Å². The fourth-order valence-electron chi connectivity index (χ4n) is 3.16. The van der Waals surface area contributed by atoms with Crippen molar-refractivity contribution in [2.24, 2.45) is 5.92 Å². The van der Waals surface area contributed by atoms with Gasteiger partial charge in [-0.05, 0) is 33.6 Å². The van der Waals surface area contributed by atoms with Gasteiger partial charge in [0.25, 0.3) is 10.2 Å². The quantitative estimate of drug-likeness (QED) is 0.493. The first kappa shape index (κ1) is 24.3. The van der Waals surface area contributed by atoms with Crippen LogP contribution in [-0.4, -0.2) is 84.8 Å². The third-order valence-electron chi connectivity index (χ3n) is 4.49. The molecule has 0 saturated carbocycles. The van der Waals surface area contributed by atoms with Crippen LogP contribution in [0.15, 0.2) is 0 Å². The number of piperazine rings is 1. The van der Waals surface area contributed by atoms with Crippen LogP contribution in [0.2, 0.25) is 0 Å². The maximum atomic E-state index is 13.8. The highest BCUT2D eigenvalue weighted by molar-refractivity contribution is 7.86. The second kappa shape index (κ2) is 8.71. The van der Waals surface area contributed by atoms with Gasteiger partial charge in [0.05, 0.1) is 13.1 Å². The lowest BCUT2D eigenvalue weighted by atomic mass is 10.0. The van der Waals surface area contributed by atoms with Crippen molar-refractivity contribution >= 4 is 16.3 Å². The predicted molar refractivity (Wildman–Crippen MR) is 105 cm³/mol. The van der Waals surface area contributed by atoms with Crippen molar-refractivity contribution < 1.29 is 22.7 Å². The molecule has 0 radical (unpaired) electrons. The number of quaternary nitrogens is 1. The van der Waals surface area contributed by atoms with Gasteiger partial charge in [0.2, 0.25) is 0 Å². The fraction of sp³-hybridized carbons (Fsp3) is 0.941. The van der Waals surface area contributed by atoms with E-state index >= 15 is 0 Å². The van der Waals surface area contributed by atoms with E-state index in [1.54, 1.807) is 27.7 Å². The van der Waals surface area contributed by atoms with Crippen molar-refractivity contribution in [3.63, 3.8) is 0 Å². The Morgan fingerprint density at radius 1 is 1.15 bits per heavy atom. The average Bonchev–Trinajstić information content (AvgIpc) is 2.51. The molecule has 10 heteroatoms. The standard InChI is InChI=1S/C17H36N4O5S/c1-14(2)13-15(3)21(23,16(22)26-17(4,5)6)19-9-11-20(12-10-19)27(24,25)18(7)8/h14-15H,9-13H2,1-8H3. The summed E-state index contributed by atoms with van der Waals surface area (Å²) in [5.74, 6) is 0.240. The van der Waals surface area contributed by atoms with Crippen LogP contribution in [0.25, 0.3) is 0 Å². The summed E-state index contributed by atoms with van der Waals surface area (Å²) in [6, 6.07) is -0.531. The number of hydroxylamine groups is 2. The number of carbonyl (C=O) groups excluding carboxylic acids is 1. The van der Waals surface area contributed by atoms with Gasteiger partial charge in [-0.15, -0.1) is 5.01 Å². The maximum Gasteiger partial charge on any atom is 0.537 e. The Bertz CT molecular complexity index is 609. The fourth-order valence-corrected chi connectivity index (χ4v) is 4.25. The molecule has 1 amide bonds. The lowest BCUT2D eigenvalue weighted by molar-refractivity contribution is -0.951. The smallest absolute Gasteiger partial charge is 0.537 e. The van der Waals surface area contributed by atoms with Gasteiger partial charge in [-0.2, -0.15) is 26.6 Å². The molecule has 1 heterocycles. The molecule has 0 aliphatic carbocycles. The van der Waals surface area contributed by atoms with Crippen LogP contribution in [0.5, 0.6) is 0 Å². The summed E-state index contributed by atoms with van der Waals surface area (Å²) in [5, 5.41) is 15.3. The Kier molecular flexibility index (Phi) is 7.82. The number of nitrogens with zero attached hydrogens (tertiary/aromatic N) is 4. The van der Waals surface area contributed by atoms with Crippen molar-refractivity contribution in [1.29, 1.82) is 0 Å². The molecule has 0 aromatic rings. The van der Waals surface area contributed by atoms with Crippen molar-refractivity contribution in [3.8, 4) is 0 Å². The minimum atomic E-state index is -3.54. The molecular weight excluding hydrogens is 372 g/mol. The summed E-state index contributed by atoms with van der Waals surface area (Å²) in [4.78, 5) is 12.8. The highest BCUT2D eigenvalue weighted by Gasteiger charge is 2.46. The third-order valence-corrected chi connectivity index (χ3v) is 6.43. The minimum absolute atomic E-state index is 0.153. The Morgan fingerprint density at radius 3 is 2.00 bits per heavy atom. The van der Waals surface area contributed by atoms with Gasteiger partial charge >= 0.3 is 6.09 Å². The minimum Gasteiger partial charge on any atom is -0.601 e. The van der Waals surface area contributed by atoms with Crippen LogP contribution < -0.4 is 0 Å². The molecule has 1 rings (SSSR count). The Labute approximate surface area is 164 Å². The molecule has 1 aliphatic rings. The number of hydrogen-bond donors (Lipinski definition) is 0. The number of amides is 1. The third kappa shape index (κ3) is 5.85. The average molecular weight is 409 g/mol. The van der Waals surface area contributed by atoms with Crippen LogP contribution in [-0.2, 0) is 14.9 Å². The topological polar surface area (TPSA) is 93.2 Å². The van der Waals surface area contributed by atoms with Crippen molar-refractivity contribution in [3.05, 3.63) is 5.21 Å². The number of hydrogen-bond acceptors (Lipinski definition) is 6. The molecule has 2 atom stereocenters. The zero-order valence-electron chi connectivity index (χ0n) is 17.9. The van der Waals surface area contributed by atoms with Gasteiger partial charge in [-0.3, -0.25) is 0 Å². The van der Waals surface area contributed by atoms with E-state index in [4.69, 9.17) is 4.74 Å². The molecule has 0 bridgehead atoms. The van der Waals surface area contributed by atoms with E-state index in [1.807, 2.05) is 13.8 Å². The first-order valence-electron chi connectivity index (χ1n) is 9.38. The Balaban J connectivity index is 3.07. The Hall–Kier alpha value is -0.780. The normalized spacial score (nSPS) is 21.3. The molecular formula is C17H36N4O5S. The van der Waals surface area contributed by atoms with E-state index < -0.39 is 32.7 Å². The summed E-state index contributed by atoms with van der Waals surface area (Å²) < 4.78 is 31.3. The van der Waals surface area contributed by atoms with E-state index in [0.29, 0.717) is 6.42 Å². The van der Waals surface area contributed by atoms with Crippen LogP contribution in [0.4, 0.5) is 4.79 Å². The van der Waals surface area contributed by atoms with Gasteiger partial charge in [-0.25, -0.2) is 0 Å². The molecule has 9 nitrogen and oxygen atoms in total. The highest BCUT2D eigenvalue weighted by Crippen LogP contribution is 2.28. The SMILES string of the molecule is CC(C)CC(C)[N+]([O-])(C(=O)OC(C)(C)C)N1CCN(S(=O)(=O)N(C)C)CC1. The molecule has 0 N–H and O–H groups in total. The first-order chi connectivity index (χ1) is 12.1. The lowest BCUT2D eigenvalue weighted by Gasteiger charge is -2.52. The van der Waals surface area contributed by atoms with Gasteiger partial charge in [-0.1, -0.05) is 13.8 Å². The molecule has 160 valence electrons. The zero-order valence-corrected chi connectivity index (χ0v) is 18.7. The number of ether oxygens (including phenoxy) is 1. The predicted octanol–water partition coefficient (Wildman–Crippen LogP) is 2.01. The summed E-state index contributed by atoms with van der Waals surface area (Å²) in [6.45, 7) is 11.6. The maximum absolute atomic E-state index is 13.8. The van der Waals surface area contributed by atoms with Crippen LogP contribution >= 0.6 is 0 Å². The van der Waals surface area contributed by atoms with Gasteiger partial charge in [0.1, 0.15) is 11.6 Å². The number of carbonyl (C=O) groups is 1. The summed E-state index contributed by atoms with van der Waals surface area (Å²) in [6.07, 6.45) is -0.293. The van der Waals surface area contributed by atoms with Crippen LogP contribution in [0.1, 0.15) is 48.0 Å². The second-order valence-corrected chi connectivity index (χ2v) is 10.9. The monoisotopic (exact) mass is 408 g/mol.